The molecule has 138 valence electrons. The van der Waals surface area contributed by atoms with Gasteiger partial charge in [-0.1, -0.05) is 13.0 Å². The molecule has 6 nitrogen and oxygen atoms in total. The third-order valence-electron chi connectivity index (χ3n) is 4.48. The van der Waals surface area contributed by atoms with Gasteiger partial charge >= 0.3 is 0 Å². The van der Waals surface area contributed by atoms with Gasteiger partial charge in [0.05, 0.1) is 0 Å². The maximum absolute atomic E-state index is 5.51. The average molecular weight is 362 g/mol. The van der Waals surface area contributed by atoms with E-state index in [0.717, 1.165) is 48.9 Å². The van der Waals surface area contributed by atoms with Crippen molar-refractivity contribution in [1.82, 2.24) is 19.9 Å². The molecule has 1 aliphatic rings. The Morgan fingerprint density at radius 1 is 0.852 bits per heavy atom. The Hall–Kier alpha value is -2.99. The minimum Gasteiger partial charge on any atom is -0.454 e. The first-order chi connectivity index (χ1) is 13.3. The van der Waals surface area contributed by atoms with Crippen LogP contribution in [0.4, 0.5) is 0 Å². The fourth-order valence-electron chi connectivity index (χ4n) is 3.12. The Kier molecular flexibility index (Phi) is 5.25. The van der Waals surface area contributed by atoms with E-state index in [1.807, 2.05) is 43.0 Å². The lowest BCUT2D eigenvalue weighted by Crippen LogP contribution is -2.22. The number of hydrogen-bond acceptors (Lipinski definition) is 6. The minimum atomic E-state index is 0.292. The predicted octanol–water partition coefficient (Wildman–Crippen LogP) is 3.37. The molecule has 4 rings (SSSR count). The number of fused-ring (bicyclic) bond motifs is 1. The summed E-state index contributed by atoms with van der Waals surface area (Å²) in [6, 6.07) is 10.2. The summed E-state index contributed by atoms with van der Waals surface area (Å²) in [6.07, 6.45) is 8.34. The Morgan fingerprint density at radius 3 is 2.33 bits per heavy atom. The van der Waals surface area contributed by atoms with Gasteiger partial charge in [0.15, 0.2) is 11.5 Å². The molecule has 0 atom stereocenters. The van der Waals surface area contributed by atoms with Crippen LogP contribution in [0.15, 0.2) is 55.1 Å². The van der Waals surface area contributed by atoms with Crippen LogP contribution in [0.2, 0.25) is 0 Å². The molecule has 3 aromatic rings. The zero-order chi connectivity index (χ0) is 18.5. The molecule has 2 aromatic heterocycles. The smallest absolute Gasteiger partial charge is 0.231 e. The van der Waals surface area contributed by atoms with Crippen molar-refractivity contribution in [2.75, 3.05) is 6.79 Å². The van der Waals surface area contributed by atoms with Gasteiger partial charge in [0.25, 0.3) is 0 Å². The first-order valence-corrected chi connectivity index (χ1v) is 9.10. The number of rotatable bonds is 7. The Balaban J connectivity index is 1.53. The predicted molar refractivity (Wildman–Crippen MR) is 101 cm³/mol. The van der Waals surface area contributed by atoms with Gasteiger partial charge in [0.2, 0.25) is 6.79 Å². The van der Waals surface area contributed by atoms with Gasteiger partial charge in [0, 0.05) is 56.4 Å². The lowest BCUT2D eigenvalue weighted by molar-refractivity contribution is 0.174. The molecule has 0 bridgehead atoms. The molecule has 0 unspecified atom stereocenters. The van der Waals surface area contributed by atoms with Crippen LogP contribution in [0.1, 0.15) is 29.4 Å². The van der Waals surface area contributed by atoms with Crippen molar-refractivity contribution >= 4 is 0 Å². The van der Waals surface area contributed by atoms with E-state index >= 15 is 0 Å². The van der Waals surface area contributed by atoms with Crippen molar-refractivity contribution in [3.8, 4) is 11.5 Å². The van der Waals surface area contributed by atoms with E-state index in [2.05, 4.69) is 38.9 Å². The first kappa shape index (κ1) is 17.4. The molecule has 27 heavy (non-hydrogen) atoms. The number of ether oxygens (including phenoxy) is 2. The monoisotopic (exact) mass is 362 g/mol. The number of hydrogen-bond donors (Lipinski definition) is 0. The van der Waals surface area contributed by atoms with E-state index in [4.69, 9.17) is 9.47 Å². The van der Waals surface area contributed by atoms with Crippen molar-refractivity contribution < 1.29 is 9.47 Å². The fourth-order valence-corrected chi connectivity index (χ4v) is 3.12. The van der Waals surface area contributed by atoms with Crippen molar-refractivity contribution in [2.45, 2.75) is 33.0 Å². The molecule has 0 spiro atoms. The molecule has 0 amide bonds. The molecular formula is C21H22N4O2. The van der Waals surface area contributed by atoms with Gasteiger partial charge in [-0.3, -0.25) is 9.88 Å². The largest absolute Gasteiger partial charge is 0.454 e. The maximum Gasteiger partial charge on any atom is 0.231 e. The summed E-state index contributed by atoms with van der Waals surface area (Å²) in [5.41, 5.74) is 3.50. The number of benzene rings is 1. The molecule has 0 aliphatic carbocycles. The van der Waals surface area contributed by atoms with Gasteiger partial charge in [-0.15, -0.1) is 0 Å². The van der Waals surface area contributed by atoms with Crippen molar-refractivity contribution in [2.24, 2.45) is 0 Å². The van der Waals surface area contributed by atoms with E-state index in [-0.39, 0.29) is 0 Å². The van der Waals surface area contributed by atoms with Crippen molar-refractivity contribution in [3.63, 3.8) is 0 Å². The van der Waals surface area contributed by atoms with Crippen molar-refractivity contribution in [3.05, 3.63) is 77.6 Å². The number of nitrogens with zero attached hydrogens (tertiary/aromatic N) is 4. The van der Waals surface area contributed by atoms with E-state index < -0.39 is 0 Å². The summed E-state index contributed by atoms with van der Waals surface area (Å²) in [4.78, 5) is 15.3. The van der Waals surface area contributed by atoms with Crippen molar-refractivity contribution in [1.29, 1.82) is 0 Å². The van der Waals surface area contributed by atoms with Gasteiger partial charge in [-0.25, -0.2) is 9.97 Å². The lowest BCUT2D eigenvalue weighted by Gasteiger charge is -2.22. The molecule has 0 saturated carbocycles. The summed E-state index contributed by atoms with van der Waals surface area (Å²) in [7, 11) is 0. The lowest BCUT2D eigenvalue weighted by atomic mass is 10.1. The average Bonchev–Trinajstić information content (AvgIpc) is 3.17. The molecule has 1 aliphatic heterocycles. The molecule has 3 heterocycles. The Bertz CT molecular complexity index is 884. The Labute approximate surface area is 158 Å². The molecule has 0 saturated heterocycles. The summed E-state index contributed by atoms with van der Waals surface area (Å²) in [5.74, 6) is 2.49. The van der Waals surface area contributed by atoms with E-state index in [9.17, 15) is 0 Å². The standard InChI is InChI=1S/C21H22N4O2/c1-2-21-23-10-18(11-24-21)14-25(12-16-5-7-22-8-6-16)13-17-3-4-19-20(9-17)27-15-26-19/h3-11H,2,12-15H2,1H3. The molecule has 6 heteroatoms. The number of aromatic nitrogens is 3. The number of aryl methyl sites for hydroxylation is 1. The van der Waals surface area contributed by atoms with Crippen LogP contribution < -0.4 is 9.47 Å². The highest BCUT2D eigenvalue weighted by Gasteiger charge is 2.15. The second-order valence-corrected chi connectivity index (χ2v) is 6.55. The normalized spacial score (nSPS) is 12.5. The Morgan fingerprint density at radius 2 is 1.56 bits per heavy atom. The van der Waals surface area contributed by atoms with Crippen LogP contribution >= 0.6 is 0 Å². The van der Waals surface area contributed by atoms with E-state index in [1.54, 1.807) is 0 Å². The summed E-state index contributed by atoms with van der Waals surface area (Å²) in [6.45, 7) is 4.72. The number of pyridine rings is 1. The topological polar surface area (TPSA) is 60.4 Å². The summed E-state index contributed by atoms with van der Waals surface area (Å²) < 4.78 is 10.9. The highest BCUT2D eigenvalue weighted by molar-refractivity contribution is 5.44. The minimum absolute atomic E-state index is 0.292. The quantitative estimate of drug-likeness (QED) is 0.642. The van der Waals surface area contributed by atoms with Crippen LogP contribution in [0.25, 0.3) is 0 Å². The van der Waals surface area contributed by atoms with Gasteiger partial charge in [-0.2, -0.15) is 0 Å². The van der Waals surface area contributed by atoms with E-state index in [1.165, 1.54) is 11.1 Å². The molecule has 0 N–H and O–H groups in total. The highest BCUT2D eigenvalue weighted by atomic mass is 16.7. The van der Waals surface area contributed by atoms with Gasteiger partial charge in [-0.05, 0) is 35.4 Å². The second kappa shape index (κ2) is 8.14. The maximum atomic E-state index is 5.51. The van der Waals surface area contributed by atoms with Crippen LogP contribution in [0, 0.1) is 0 Å². The van der Waals surface area contributed by atoms with Crippen LogP contribution in [-0.2, 0) is 26.1 Å². The molecular weight excluding hydrogens is 340 g/mol. The van der Waals surface area contributed by atoms with Crippen LogP contribution in [0.5, 0.6) is 11.5 Å². The van der Waals surface area contributed by atoms with Gasteiger partial charge in [0.1, 0.15) is 5.82 Å². The van der Waals surface area contributed by atoms with Crippen LogP contribution in [0.3, 0.4) is 0 Å². The summed E-state index contributed by atoms with van der Waals surface area (Å²) in [5, 5.41) is 0. The van der Waals surface area contributed by atoms with Crippen LogP contribution in [-0.4, -0.2) is 26.6 Å². The molecule has 1 aromatic carbocycles. The van der Waals surface area contributed by atoms with E-state index in [0.29, 0.717) is 6.79 Å². The highest BCUT2D eigenvalue weighted by Crippen LogP contribution is 2.33. The summed E-state index contributed by atoms with van der Waals surface area (Å²) >= 11 is 0. The fraction of sp³-hybridized carbons (Fsp3) is 0.286. The van der Waals surface area contributed by atoms with Gasteiger partial charge < -0.3 is 9.47 Å². The zero-order valence-corrected chi connectivity index (χ0v) is 15.3. The third kappa shape index (κ3) is 4.41. The second-order valence-electron chi connectivity index (χ2n) is 6.55. The third-order valence-corrected chi connectivity index (χ3v) is 4.48. The first-order valence-electron chi connectivity index (χ1n) is 9.10. The SMILES string of the molecule is CCc1ncc(CN(Cc2ccncc2)Cc2ccc3c(c2)OCO3)cn1. The molecule has 0 radical (unpaired) electrons. The zero-order valence-electron chi connectivity index (χ0n) is 15.3. The molecule has 0 fully saturated rings.